The monoisotopic (exact) mass is 346 g/mol. The zero-order valence-electron chi connectivity index (χ0n) is 10.8. The van der Waals surface area contributed by atoms with Crippen LogP contribution in [0.15, 0.2) is 23.0 Å². The van der Waals surface area contributed by atoms with Crippen LogP contribution in [0.2, 0.25) is 10.0 Å². The van der Waals surface area contributed by atoms with Gasteiger partial charge in [-0.15, -0.1) is 5.10 Å². The van der Waals surface area contributed by atoms with Gasteiger partial charge >= 0.3 is 5.69 Å². The fourth-order valence-electron chi connectivity index (χ4n) is 1.52. The quantitative estimate of drug-likeness (QED) is 0.698. The third kappa shape index (κ3) is 4.80. The molecule has 2 aromatic rings. The molecular formula is C12H12Cl2N4O2S. The van der Waals surface area contributed by atoms with Crippen LogP contribution in [0.3, 0.4) is 0 Å². The van der Waals surface area contributed by atoms with Crippen molar-refractivity contribution in [3.8, 4) is 0 Å². The summed E-state index contributed by atoms with van der Waals surface area (Å²) in [6.07, 6.45) is 0. The summed E-state index contributed by atoms with van der Waals surface area (Å²) < 4.78 is 0. The number of nitrogens with one attached hydrogen (secondary N) is 3. The number of halogens is 2. The predicted octanol–water partition coefficient (Wildman–Crippen LogP) is 2.07. The summed E-state index contributed by atoms with van der Waals surface area (Å²) in [5, 5.41) is 9.56. The van der Waals surface area contributed by atoms with Gasteiger partial charge in [0.2, 0.25) is 5.82 Å². The lowest BCUT2D eigenvalue weighted by Gasteiger charge is -2.05. The molecule has 0 spiro atoms. The smallest absolute Gasteiger partial charge is 0.341 e. The van der Waals surface area contributed by atoms with Crippen molar-refractivity contribution in [1.29, 1.82) is 0 Å². The number of hydrogen-bond acceptors (Lipinski definition) is 4. The number of aromatic amines is 2. The Morgan fingerprint density at radius 3 is 2.86 bits per heavy atom. The second kappa shape index (κ2) is 7.53. The minimum absolute atomic E-state index is 0.0225. The van der Waals surface area contributed by atoms with Gasteiger partial charge in [0.15, 0.2) is 0 Å². The molecule has 0 unspecified atom stereocenters. The van der Waals surface area contributed by atoms with Crippen LogP contribution < -0.4 is 11.0 Å². The van der Waals surface area contributed by atoms with E-state index < -0.39 is 11.6 Å². The first-order valence-corrected chi connectivity index (χ1v) is 7.92. The number of nitrogens with zero attached hydrogens (tertiary/aromatic N) is 1. The number of H-pyrrole nitrogens is 2. The lowest BCUT2D eigenvalue weighted by atomic mass is 10.2. The minimum atomic E-state index is -0.507. The van der Waals surface area contributed by atoms with E-state index in [-0.39, 0.29) is 5.82 Å². The molecule has 9 heteroatoms. The van der Waals surface area contributed by atoms with Gasteiger partial charge in [-0.1, -0.05) is 29.3 Å². The lowest BCUT2D eigenvalue weighted by molar-refractivity contribution is 0.0946. The van der Waals surface area contributed by atoms with E-state index in [2.05, 4.69) is 20.5 Å². The molecule has 0 aliphatic heterocycles. The number of thioether (sulfide) groups is 1. The van der Waals surface area contributed by atoms with Crippen molar-refractivity contribution in [3.05, 3.63) is 50.1 Å². The molecule has 2 rings (SSSR count). The Bertz CT molecular complexity index is 686. The van der Waals surface area contributed by atoms with Gasteiger partial charge in [0.1, 0.15) is 0 Å². The number of carbonyl (C=O) groups is 1. The molecule has 0 saturated heterocycles. The van der Waals surface area contributed by atoms with Crippen molar-refractivity contribution in [2.24, 2.45) is 0 Å². The molecule has 0 fully saturated rings. The van der Waals surface area contributed by atoms with Crippen molar-refractivity contribution in [2.75, 3.05) is 12.3 Å². The molecular weight excluding hydrogens is 335 g/mol. The number of hydrogen-bond donors (Lipinski definition) is 3. The van der Waals surface area contributed by atoms with Crippen molar-refractivity contribution < 1.29 is 4.79 Å². The SMILES string of the molecule is O=C(NCCSCc1ccc(Cl)cc1Cl)c1n[nH]c(=O)[nH]1. The van der Waals surface area contributed by atoms with Gasteiger partial charge in [0, 0.05) is 28.1 Å². The first kappa shape index (κ1) is 15.9. The largest absolute Gasteiger partial charge is 0.348 e. The van der Waals surface area contributed by atoms with E-state index in [1.165, 1.54) is 0 Å². The molecule has 0 radical (unpaired) electrons. The van der Waals surface area contributed by atoms with Gasteiger partial charge in [-0.2, -0.15) is 11.8 Å². The van der Waals surface area contributed by atoms with Crippen LogP contribution in [-0.4, -0.2) is 33.4 Å². The Morgan fingerprint density at radius 1 is 1.38 bits per heavy atom. The van der Waals surface area contributed by atoms with Crippen molar-refractivity contribution in [2.45, 2.75) is 5.75 Å². The summed E-state index contributed by atoms with van der Waals surface area (Å²) in [5.74, 6) is 0.994. The van der Waals surface area contributed by atoms with E-state index in [0.717, 1.165) is 11.3 Å². The van der Waals surface area contributed by atoms with Gasteiger partial charge < -0.3 is 5.32 Å². The standard InChI is InChI=1S/C12H12Cl2N4O2S/c13-8-2-1-7(9(14)5-8)6-21-4-3-15-11(19)10-16-12(20)18-17-10/h1-2,5H,3-4,6H2,(H,15,19)(H2,16,17,18,20). The lowest BCUT2D eigenvalue weighted by Crippen LogP contribution is -2.27. The van der Waals surface area contributed by atoms with Crippen LogP contribution in [0.4, 0.5) is 0 Å². The maximum atomic E-state index is 11.6. The summed E-state index contributed by atoms with van der Waals surface area (Å²) in [6.45, 7) is 0.462. The topological polar surface area (TPSA) is 90.6 Å². The summed E-state index contributed by atoms with van der Waals surface area (Å²) >= 11 is 13.5. The van der Waals surface area contributed by atoms with Crippen LogP contribution in [-0.2, 0) is 5.75 Å². The Kier molecular flexibility index (Phi) is 5.72. The van der Waals surface area contributed by atoms with Crippen LogP contribution >= 0.6 is 35.0 Å². The van der Waals surface area contributed by atoms with E-state index >= 15 is 0 Å². The molecule has 1 aromatic heterocycles. The molecule has 1 amide bonds. The van der Waals surface area contributed by atoms with Crippen molar-refractivity contribution in [3.63, 3.8) is 0 Å². The first-order valence-electron chi connectivity index (χ1n) is 6.01. The highest BCUT2D eigenvalue weighted by Crippen LogP contribution is 2.24. The molecule has 112 valence electrons. The molecule has 0 bridgehead atoms. The number of aromatic nitrogens is 3. The van der Waals surface area contributed by atoms with Crippen LogP contribution in [0.25, 0.3) is 0 Å². The van der Waals surface area contributed by atoms with Crippen molar-refractivity contribution in [1.82, 2.24) is 20.5 Å². The Morgan fingerprint density at radius 2 is 2.19 bits per heavy atom. The van der Waals surface area contributed by atoms with E-state index in [4.69, 9.17) is 23.2 Å². The van der Waals surface area contributed by atoms with Crippen molar-refractivity contribution >= 4 is 40.9 Å². The molecule has 0 saturated carbocycles. The molecule has 6 nitrogen and oxygen atoms in total. The zero-order chi connectivity index (χ0) is 15.2. The molecule has 0 atom stereocenters. The predicted molar refractivity (Wildman–Crippen MR) is 84.2 cm³/mol. The molecule has 1 aromatic carbocycles. The third-order valence-corrected chi connectivity index (χ3v) is 4.12. The fourth-order valence-corrected chi connectivity index (χ4v) is 2.94. The first-order chi connectivity index (χ1) is 10.1. The normalized spacial score (nSPS) is 10.6. The zero-order valence-corrected chi connectivity index (χ0v) is 13.1. The van der Waals surface area contributed by atoms with Crippen LogP contribution in [0.1, 0.15) is 16.2 Å². The highest BCUT2D eigenvalue weighted by atomic mass is 35.5. The summed E-state index contributed by atoms with van der Waals surface area (Å²) in [6, 6.07) is 5.37. The third-order valence-electron chi connectivity index (χ3n) is 2.52. The second-order valence-electron chi connectivity index (χ2n) is 4.07. The molecule has 21 heavy (non-hydrogen) atoms. The summed E-state index contributed by atoms with van der Waals surface area (Å²) in [7, 11) is 0. The van der Waals surface area contributed by atoms with Crippen LogP contribution in [0, 0.1) is 0 Å². The Balaban J connectivity index is 1.70. The minimum Gasteiger partial charge on any atom is -0.348 e. The Hall–Kier alpha value is -1.44. The summed E-state index contributed by atoms with van der Waals surface area (Å²) in [5.41, 5.74) is 0.487. The van der Waals surface area contributed by atoms with Gasteiger partial charge in [-0.3, -0.25) is 9.78 Å². The average molecular weight is 347 g/mol. The molecule has 3 N–H and O–H groups in total. The van der Waals surface area contributed by atoms with E-state index in [1.807, 2.05) is 6.07 Å². The molecule has 0 aliphatic rings. The maximum absolute atomic E-state index is 11.6. The molecule has 0 aliphatic carbocycles. The van der Waals surface area contributed by atoms with E-state index in [0.29, 0.717) is 22.3 Å². The Labute approximate surface area is 134 Å². The fraction of sp³-hybridized carbons (Fsp3) is 0.250. The van der Waals surface area contributed by atoms with Gasteiger partial charge in [-0.05, 0) is 17.7 Å². The maximum Gasteiger partial charge on any atom is 0.341 e. The molecule has 1 heterocycles. The summed E-state index contributed by atoms with van der Waals surface area (Å²) in [4.78, 5) is 24.7. The van der Waals surface area contributed by atoms with Gasteiger partial charge in [-0.25, -0.2) is 9.89 Å². The van der Waals surface area contributed by atoms with Gasteiger partial charge in [0.25, 0.3) is 5.91 Å². The van der Waals surface area contributed by atoms with Gasteiger partial charge in [0.05, 0.1) is 0 Å². The van der Waals surface area contributed by atoms with Crippen LogP contribution in [0.5, 0.6) is 0 Å². The average Bonchev–Trinajstić information content (AvgIpc) is 2.87. The number of rotatable bonds is 6. The highest BCUT2D eigenvalue weighted by Gasteiger charge is 2.08. The number of benzene rings is 1. The highest BCUT2D eigenvalue weighted by molar-refractivity contribution is 7.98. The second-order valence-corrected chi connectivity index (χ2v) is 6.02. The number of carbonyl (C=O) groups excluding carboxylic acids is 1. The number of amides is 1. The van der Waals surface area contributed by atoms with E-state index in [1.54, 1.807) is 23.9 Å². The van der Waals surface area contributed by atoms with E-state index in [9.17, 15) is 9.59 Å².